The number of benzene rings is 1. The molecule has 6 heteroatoms. The molecule has 0 aliphatic carbocycles. The third-order valence-corrected chi connectivity index (χ3v) is 4.12. The SMILES string of the molecule is N[C@@H](CCc1ccccc1)C(=O)Nc1cnc(Cl)c(Br)c1. The maximum absolute atomic E-state index is 12.0. The first-order valence-corrected chi connectivity index (χ1v) is 7.65. The van der Waals surface area contributed by atoms with Crippen LogP contribution in [0.25, 0.3) is 0 Å². The molecule has 1 atom stereocenters. The molecule has 1 aromatic heterocycles. The molecule has 1 heterocycles. The van der Waals surface area contributed by atoms with Crippen molar-refractivity contribution in [1.29, 1.82) is 0 Å². The van der Waals surface area contributed by atoms with Gasteiger partial charge in [-0.1, -0.05) is 41.9 Å². The zero-order chi connectivity index (χ0) is 15.2. The van der Waals surface area contributed by atoms with Crippen LogP contribution in [0.1, 0.15) is 12.0 Å². The van der Waals surface area contributed by atoms with Crippen molar-refractivity contribution in [2.24, 2.45) is 5.73 Å². The Labute approximate surface area is 136 Å². The van der Waals surface area contributed by atoms with E-state index < -0.39 is 6.04 Å². The minimum Gasteiger partial charge on any atom is -0.323 e. The summed E-state index contributed by atoms with van der Waals surface area (Å²) < 4.78 is 0.625. The summed E-state index contributed by atoms with van der Waals surface area (Å²) >= 11 is 9.06. The molecule has 0 aliphatic heterocycles. The number of halogens is 2. The molecule has 1 amide bonds. The van der Waals surface area contributed by atoms with Crippen LogP contribution in [0, 0.1) is 0 Å². The number of nitrogens with zero attached hydrogens (tertiary/aromatic N) is 1. The molecule has 0 saturated carbocycles. The van der Waals surface area contributed by atoms with Crippen molar-refractivity contribution in [3.63, 3.8) is 0 Å². The molecule has 0 aliphatic rings. The Hall–Kier alpha value is -1.43. The van der Waals surface area contributed by atoms with Gasteiger partial charge in [0.05, 0.1) is 22.4 Å². The Morgan fingerprint density at radius 2 is 2.10 bits per heavy atom. The van der Waals surface area contributed by atoms with Gasteiger partial charge in [-0.25, -0.2) is 4.98 Å². The molecule has 110 valence electrons. The average Bonchev–Trinajstić information content (AvgIpc) is 2.49. The van der Waals surface area contributed by atoms with Gasteiger partial charge in [0.25, 0.3) is 0 Å². The van der Waals surface area contributed by atoms with Crippen molar-refractivity contribution in [2.45, 2.75) is 18.9 Å². The van der Waals surface area contributed by atoms with Crippen LogP contribution in [0.15, 0.2) is 47.1 Å². The largest absolute Gasteiger partial charge is 0.323 e. The fourth-order valence-electron chi connectivity index (χ4n) is 1.82. The van der Waals surface area contributed by atoms with E-state index >= 15 is 0 Å². The summed E-state index contributed by atoms with van der Waals surface area (Å²) in [6, 6.07) is 11.1. The van der Waals surface area contributed by atoms with E-state index in [4.69, 9.17) is 17.3 Å². The molecule has 0 saturated heterocycles. The first-order valence-electron chi connectivity index (χ1n) is 6.47. The van der Waals surface area contributed by atoms with Crippen LogP contribution in [-0.2, 0) is 11.2 Å². The van der Waals surface area contributed by atoms with Gasteiger partial charge in [0.2, 0.25) is 5.91 Å². The predicted molar refractivity (Wildman–Crippen MR) is 88.3 cm³/mol. The molecular formula is C15H15BrClN3O. The Balaban J connectivity index is 1.89. The van der Waals surface area contributed by atoms with E-state index in [1.54, 1.807) is 6.07 Å². The number of hydrogen-bond donors (Lipinski definition) is 2. The van der Waals surface area contributed by atoms with Gasteiger partial charge in [-0.3, -0.25) is 4.79 Å². The van der Waals surface area contributed by atoms with Gasteiger partial charge in [0, 0.05) is 0 Å². The minimum absolute atomic E-state index is 0.234. The van der Waals surface area contributed by atoms with Crippen LogP contribution in [0.5, 0.6) is 0 Å². The number of carbonyl (C=O) groups excluding carboxylic acids is 1. The minimum atomic E-state index is -0.570. The lowest BCUT2D eigenvalue weighted by Gasteiger charge is -2.12. The van der Waals surface area contributed by atoms with E-state index in [1.807, 2.05) is 30.3 Å². The van der Waals surface area contributed by atoms with Crippen molar-refractivity contribution >= 4 is 39.1 Å². The second kappa shape index (κ2) is 7.54. The highest BCUT2D eigenvalue weighted by Crippen LogP contribution is 2.22. The number of amides is 1. The molecule has 21 heavy (non-hydrogen) atoms. The van der Waals surface area contributed by atoms with E-state index in [-0.39, 0.29) is 5.91 Å². The number of aromatic nitrogens is 1. The van der Waals surface area contributed by atoms with Crippen molar-refractivity contribution < 1.29 is 4.79 Å². The smallest absolute Gasteiger partial charge is 0.241 e. The number of anilines is 1. The highest BCUT2D eigenvalue weighted by molar-refractivity contribution is 9.10. The predicted octanol–water partition coefficient (Wildman–Crippen LogP) is 3.40. The van der Waals surface area contributed by atoms with Crippen LogP contribution in [0.3, 0.4) is 0 Å². The number of carbonyl (C=O) groups is 1. The van der Waals surface area contributed by atoms with E-state index in [0.29, 0.717) is 21.7 Å². The summed E-state index contributed by atoms with van der Waals surface area (Å²) in [6.07, 6.45) is 2.84. The summed E-state index contributed by atoms with van der Waals surface area (Å²) in [6.45, 7) is 0. The lowest BCUT2D eigenvalue weighted by atomic mass is 10.1. The number of nitrogens with two attached hydrogens (primary N) is 1. The van der Waals surface area contributed by atoms with Crippen LogP contribution < -0.4 is 11.1 Å². The Morgan fingerprint density at radius 3 is 2.76 bits per heavy atom. The third-order valence-electron chi connectivity index (χ3n) is 2.99. The van der Waals surface area contributed by atoms with Crippen molar-refractivity contribution in [1.82, 2.24) is 4.98 Å². The fraction of sp³-hybridized carbons (Fsp3) is 0.200. The standard InChI is InChI=1S/C15H15BrClN3O/c16-12-8-11(9-19-14(12)17)20-15(21)13(18)7-6-10-4-2-1-3-5-10/h1-5,8-9,13H,6-7,18H2,(H,20,21)/t13-/m0/s1. The molecule has 0 unspecified atom stereocenters. The maximum Gasteiger partial charge on any atom is 0.241 e. The topological polar surface area (TPSA) is 68.0 Å². The average molecular weight is 369 g/mol. The van der Waals surface area contributed by atoms with E-state index in [0.717, 1.165) is 12.0 Å². The molecule has 2 aromatic rings. The highest BCUT2D eigenvalue weighted by atomic mass is 79.9. The molecule has 0 radical (unpaired) electrons. The molecule has 0 fully saturated rings. The molecule has 0 spiro atoms. The van der Waals surface area contributed by atoms with Crippen LogP contribution in [-0.4, -0.2) is 16.9 Å². The number of hydrogen-bond acceptors (Lipinski definition) is 3. The summed E-state index contributed by atoms with van der Waals surface area (Å²) in [5, 5.41) is 3.08. The second-order valence-corrected chi connectivity index (χ2v) is 5.83. The first kappa shape index (κ1) is 15.9. The van der Waals surface area contributed by atoms with E-state index in [9.17, 15) is 4.79 Å². The second-order valence-electron chi connectivity index (χ2n) is 4.62. The summed E-state index contributed by atoms with van der Waals surface area (Å²) in [7, 11) is 0. The van der Waals surface area contributed by atoms with Gasteiger partial charge in [0.1, 0.15) is 5.15 Å². The molecule has 2 rings (SSSR count). The van der Waals surface area contributed by atoms with Gasteiger partial charge < -0.3 is 11.1 Å². The molecule has 3 N–H and O–H groups in total. The molecule has 4 nitrogen and oxygen atoms in total. The van der Waals surface area contributed by atoms with Crippen LogP contribution in [0.4, 0.5) is 5.69 Å². The normalized spacial score (nSPS) is 12.0. The lowest BCUT2D eigenvalue weighted by Crippen LogP contribution is -2.36. The van der Waals surface area contributed by atoms with Gasteiger partial charge in [-0.2, -0.15) is 0 Å². The van der Waals surface area contributed by atoms with Gasteiger partial charge in [-0.15, -0.1) is 0 Å². The zero-order valence-electron chi connectivity index (χ0n) is 11.2. The molecule has 0 bridgehead atoms. The Morgan fingerprint density at radius 1 is 1.38 bits per heavy atom. The van der Waals surface area contributed by atoms with Crippen molar-refractivity contribution in [3.8, 4) is 0 Å². The summed E-state index contributed by atoms with van der Waals surface area (Å²) in [4.78, 5) is 16.0. The van der Waals surface area contributed by atoms with Crippen LogP contribution >= 0.6 is 27.5 Å². The number of pyridine rings is 1. The highest BCUT2D eigenvalue weighted by Gasteiger charge is 2.14. The maximum atomic E-state index is 12.0. The van der Waals surface area contributed by atoms with E-state index in [1.165, 1.54) is 6.20 Å². The van der Waals surface area contributed by atoms with Gasteiger partial charge >= 0.3 is 0 Å². The fourth-order valence-corrected chi connectivity index (χ4v) is 2.27. The number of aryl methyl sites for hydroxylation is 1. The van der Waals surface area contributed by atoms with Gasteiger partial charge in [0.15, 0.2) is 0 Å². The monoisotopic (exact) mass is 367 g/mol. The van der Waals surface area contributed by atoms with Crippen molar-refractivity contribution in [2.75, 3.05) is 5.32 Å². The van der Waals surface area contributed by atoms with Crippen molar-refractivity contribution in [3.05, 3.63) is 57.8 Å². The Bertz CT molecular complexity index is 622. The number of rotatable bonds is 5. The molecule has 1 aromatic carbocycles. The number of nitrogens with one attached hydrogen (secondary N) is 1. The summed E-state index contributed by atoms with van der Waals surface area (Å²) in [5.74, 6) is -0.234. The quantitative estimate of drug-likeness (QED) is 0.795. The third kappa shape index (κ3) is 4.81. The first-order chi connectivity index (χ1) is 10.1. The van der Waals surface area contributed by atoms with Crippen LogP contribution in [0.2, 0.25) is 5.15 Å². The molecular weight excluding hydrogens is 354 g/mol. The summed E-state index contributed by atoms with van der Waals surface area (Å²) in [5.41, 5.74) is 7.64. The lowest BCUT2D eigenvalue weighted by molar-refractivity contribution is -0.117. The van der Waals surface area contributed by atoms with Gasteiger partial charge in [-0.05, 0) is 40.4 Å². The van der Waals surface area contributed by atoms with E-state index in [2.05, 4.69) is 26.2 Å². The Kier molecular flexibility index (Phi) is 5.73. The zero-order valence-corrected chi connectivity index (χ0v) is 13.6.